The zero-order valence-electron chi connectivity index (χ0n) is 8.56. The molecule has 1 N–H and O–H groups in total. The van der Waals surface area contributed by atoms with Crippen molar-refractivity contribution in [2.45, 2.75) is 0 Å². The number of carbonyl (C=O) groups is 1. The van der Waals surface area contributed by atoms with Crippen molar-refractivity contribution in [3.05, 3.63) is 48.6 Å². The number of oxime groups is 1. The van der Waals surface area contributed by atoms with Gasteiger partial charge in [-0.2, -0.15) is 0 Å². The van der Waals surface area contributed by atoms with Gasteiger partial charge in [0.2, 0.25) is 5.78 Å². The highest BCUT2D eigenvalue weighted by Gasteiger charge is 2.19. The van der Waals surface area contributed by atoms with E-state index in [0.717, 1.165) is 0 Å². The predicted molar refractivity (Wildman–Crippen MR) is 56.7 cm³/mol. The lowest BCUT2D eigenvalue weighted by molar-refractivity contribution is 0.105. The van der Waals surface area contributed by atoms with E-state index in [1.807, 2.05) is 0 Å². The summed E-state index contributed by atoms with van der Waals surface area (Å²) in [4.78, 5) is 27.1. The molecule has 0 atom stereocenters. The molecule has 84 valence electrons. The summed E-state index contributed by atoms with van der Waals surface area (Å²) >= 11 is 0. The molecule has 0 radical (unpaired) electrons. The van der Waals surface area contributed by atoms with Crippen LogP contribution in [0.3, 0.4) is 0 Å². The average Bonchev–Trinajstić information content (AvgIpc) is 2.42. The fourth-order valence-corrected chi connectivity index (χ4v) is 1.18. The molecular weight excluding hydrogens is 222 g/mol. The van der Waals surface area contributed by atoms with Crippen LogP contribution in [0.5, 0.6) is 0 Å². The molecule has 7 nitrogen and oxygen atoms in total. The molecule has 2 aromatic heterocycles. The number of hydrogen-bond donors (Lipinski definition) is 1. The number of rotatable bonds is 3. The van der Waals surface area contributed by atoms with Crippen LogP contribution < -0.4 is 0 Å². The summed E-state index contributed by atoms with van der Waals surface area (Å²) < 4.78 is 0. The normalized spacial score (nSPS) is 11.2. The Kier molecular flexibility index (Phi) is 3.10. The summed E-state index contributed by atoms with van der Waals surface area (Å²) in [7, 11) is 0. The van der Waals surface area contributed by atoms with Crippen molar-refractivity contribution < 1.29 is 10.0 Å². The van der Waals surface area contributed by atoms with Crippen molar-refractivity contribution in [2.75, 3.05) is 0 Å². The largest absolute Gasteiger partial charge is 0.410 e. The Labute approximate surface area is 95.9 Å². The van der Waals surface area contributed by atoms with Crippen LogP contribution in [-0.4, -0.2) is 36.6 Å². The van der Waals surface area contributed by atoms with Crippen LogP contribution in [0.2, 0.25) is 0 Å². The van der Waals surface area contributed by atoms with Crippen LogP contribution in [0.1, 0.15) is 16.2 Å². The number of Topliss-reactive ketones (excluding diaryl/α,β-unsaturated/α-hetero) is 1. The van der Waals surface area contributed by atoms with Crippen LogP contribution in [0.25, 0.3) is 0 Å². The minimum absolute atomic E-state index is 0.124. The van der Waals surface area contributed by atoms with E-state index in [0.29, 0.717) is 0 Å². The Morgan fingerprint density at radius 3 is 2.59 bits per heavy atom. The highest BCUT2D eigenvalue weighted by molar-refractivity contribution is 6.50. The molecule has 0 saturated carbocycles. The Bertz CT molecular complexity index is 541. The van der Waals surface area contributed by atoms with Crippen molar-refractivity contribution in [1.29, 1.82) is 0 Å². The van der Waals surface area contributed by atoms with Gasteiger partial charge >= 0.3 is 0 Å². The third-order valence-electron chi connectivity index (χ3n) is 1.94. The molecule has 0 unspecified atom stereocenters. The third kappa shape index (κ3) is 2.28. The fourth-order valence-electron chi connectivity index (χ4n) is 1.18. The fraction of sp³-hybridized carbons (Fsp3) is 0. The second kappa shape index (κ2) is 4.88. The highest BCUT2D eigenvalue weighted by Crippen LogP contribution is 2.02. The van der Waals surface area contributed by atoms with Gasteiger partial charge in [-0.1, -0.05) is 5.16 Å². The van der Waals surface area contributed by atoms with E-state index in [1.54, 1.807) is 0 Å². The first kappa shape index (κ1) is 10.8. The van der Waals surface area contributed by atoms with Crippen molar-refractivity contribution in [3.8, 4) is 0 Å². The molecule has 0 fully saturated rings. The van der Waals surface area contributed by atoms with Crippen molar-refractivity contribution >= 4 is 11.5 Å². The van der Waals surface area contributed by atoms with E-state index in [2.05, 4.69) is 25.1 Å². The van der Waals surface area contributed by atoms with Crippen LogP contribution in [-0.2, 0) is 0 Å². The molecule has 0 aliphatic carbocycles. The number of nitrogens with zero attached hydrogens (tertiary/aromatic N) is 5. The van der Waals surface area contributed by atoms with Gasteiger partial charge in [0, 0.05) is 18.6 Å². The number of hydrogen-bond acceptors (Lipinski definition) is 7. The Hall–Kier alpha value is -2.70. The zero-order valence-corrected chi connectivity index (χ0v) is 8.56. The summed E-state index contributed by atoms with van der Waals surface area (Å²) in [6.45, 7) is 0. The summed E-state index contributed by atoms with van der Waals surface area (Å²) in [5.41, 5.74) is 0.0915. The lowest BCUT2D eigenvalue weighted by atomic mass is 10.1. The molecule has 2 aromatic rings. The van der Waals surface area contributed by atoms with Crippen LogP contribution in [0, 0.1) is 0 Å². The number of ketones is 1. The van der Waals surface area contributed by atoms with Gasteiger partial charge < -0.3 is 5.21 Å². The first-order chi connectivity index (χ1) is 8.33. The molecule has 0 aliphatic heterocycles. The second-order valence-corrected chi connectivity index (χ2v) is 2.96. The third-order valence-corrected chi connectivity index (χ3v) is 1.94. The Morgan fingerprint density at radius 1 is 1.12 bits per heavy atom. The van der Waals surface area contributed by atoms with Crippen LogP contribution in [0.15, 0.2) is 42.3 Å². The van der Waals surface area contributed by atoms with E-state index in [1.165, 1.54) is 37.2 Å². The maximum atomic E-state index is 11.9. The van der Waals surface area contributed by atoms with Gasteiger partial charge in [0.1, 0.15) is 17.7 Å². The van der Waals surface area contributed by atoms with Crippen molar-refractivity contribution in [2.24, 2.45) is 5.16 Å². The molecule has 0 saturated heterocycles. The zero-order chi connectivity index (χ0) is 12.1. The monoisotopic (exact) mass is 229 g/mol. The summed E-state index contributed by atoms with van der Waals surface area (Å²) in [6.07, 6.45) is 6.83. The molecule has 7 heteroatoms. The van der Waals surface area contributed by atoms with Gasteiger partial charge in [-0.05, 0) is 6.07 Å². The molecule has 17 heavy (non-hydrogen) atoms. The molecule has 0 spiro atoms. The molecule has 0 aromatic carbocycles. The molecule has 2 heterocycles. The Balaban J connectivity index is 2.37. The predicted octanol–water partition coefficient (Wildman–Crippen LogP) is 0.328. The number of aromatic nitrogens is 4. The quantitative estimate of drug-likeness (QED) is 0.352. The van der Waals surface area contributed by atoms with Gasteiger partial charge in [-0.15, -0.1) is 0 Å². The molecule has 0 aliphatic rings. The van der Waals surface area contributed by atoms with E-state index >= 15 is 0 Å². The maximum Gasteiger partial charge on any atom is 0.235 e. The average molecular weight is 229 g/mol. The van der Waals surface area contributed by atoms with E-state index in [4.69, 9.17) is 5.21 Å². The topological polar surface area (TPSA) is 101 Å². The van der Waals surface area contributed by atoms with Gasteiger partial charge in [0.15, 0.2) is 5.71 Å². The van der Waals surface area contributed by atoms with Crippen LogP contribution in [0.4, 0.5) is 0 Å². The smallest absolute Gasteiger partial charge is 0.235 e. The van der Waals surface area contributed by atoms with Gasteiger partial charge in [0.25, 0.3) is 0 Å². The summed E-state index contributed by atoms with van der Waals surface area (Å²) in [6, 6.07) is 1.42. The minimum atomic E-state index is -0.546. The summed E-state index contributed by atoms with van der Waals surface area (Å²) in [5, 5.41) is 11.8. The van der Waals surface area contributed by atoms with E-state index in [-0.39, 0.29) is 17.1 Å². The van der Waals surface area contributed by atoms with E-state index < -0.39 is 5.78 Å². The minimum Gasteiger partial charge on any atom is -0.410 e. The van der Waals surface area contributed by atoms with Crippen molar-refractivity contribution in [3.63, 3.8) is 0 Å². The first-order valence-corrected chi connectivity index (χ1v) is 4.62. The molecule has 0 bridgehead atoms. The summed E-state index contributed by atoms with van der Waals surface area (Å²) in [5.74, 6) is -0.546. The highest BCUT2D eigenvalue weighted by atomic mass is 16.4. The van der Waals surface area contributed by atoms with Crippen LogP contribution >= 0.6 is 0 Å². The standard InChI is InChI=1S/C10H7N5O2/c16-10(7-1-2-12-6-14-7)9(15-17)8-5-11-3-4-13-8/h1-6,17H. The number of carbonyl (C=O) groups excluding carboxylic acids is 1. The lowest BCUT2D eigenvalue weighted by Crippen LogP contribution is -2.18. The van der Waals surface area contributed by atoms with E-state index in [9.17, 15) is 4.79 Å². The lowest BCUT2D eigenvalue weighted by Gasteiger charge is -2.01. The Morgan fingerprint density at radius 2 is 2.00 bits per heavy atom. The first-order valence-electron chi connectivity index (χ1n) is 4.62. The SMILES string of the molecule is O=C(C(=NO)c1cnccn1)c1ccncn1. The second-order valence-electron chi connectivity index (χ2n) is 2.96. The molecular formula is C10H7N5O2. The maximum absolute atomic E-state index is 11.9. The van der Waals surface area contributed by atoms with Crippen molar-refractivity contribution in [1.82, 2.24) is 19.9 Å². The van der Waals surface area contributed by atoms with Gasteiger partial charge in [-0.25, -0.2) is 9.97 Å². The van der Waals surface area contributed by atoms with Gasteiger partial charge in [0.05, 0.1) is 6.20 Å². The van der Waals surface area contributed by atoms with Gasteiger partial charge in [-0.3, -0.25) is 14.8 Å². The molecule has 2 rings (SSSR count). The molecule has 0 amide bonds.